The van der Waals surface area contributed by atoms with Gasteiger partial charge in [-0.25, -0.2) is 43.2 Å². The van der Waals surface area contributed by atoms with E-state index in [1.165, 1.54) is 39.6 Å². The van der Waals surface area contributed by atoms with E-state index >= 15 is 0 Å². The molecule has 0 unspecified atom stereocenters. The van der Waals surface area contributed by atoms with Gasteiger partial charge in [0.1, 0.15) is 0 Å². The Morgan fingerprint density at radius 1 is 0.340 bits per heavy atom. The highest BCUT2D eigenvalue weighted by Crippen LogP contribution is 2.11. The van der Waals surface area contributed by atoms with Crippen LogP contribution in [0.2, 0.25) is 0 Å². The second-order valence-corrected chi connectivity index (χ2v) is 39.7. The summed E-state index contributed by atoms with van der Waals surface area (Å²) in [5.41, 5.74) is 0.147. The first-order chi connectivity index (χ1) is 65.3. The molecule has 0 saturated carbocycles. The third-order valence-electron chi connectivity index (χ3n) is 17.5. The Morgan fingerprint density at radius 2 is 0.624 bits per heavy atom. The maximum Gasteiger partial charge on any atom is 0.315 e. The Bertz CT molecular complexity index is 2800. The van der Waals surface area contributed by atoms with Crippen LogP contribution in [-0.4, -0.2) is 393 Å². The number of nitrogens with one attached hydrogen (secondary N) is 22. The lowest BCUT2D eigenvalue weighted by Gasteiger charge is -2.32. The number of piperazine rings is 1. The molecule has 41 heteroatoms. The van der Waals surface area contributed by atoms with Crippen LogP contribution in [0.25, 0.3) is 0 Å². The highest BCUT2D eigenvalue weighted by Gasteiger charge is 2.23. The number of carbonyl (C=O) groups is 11. The Kier molecular flexibility index (Phi) is 114. The quantitative estimate of drug-likeness (QED) is 0.0253. The van der Waals surface area contributed by atoms with Gasteiger partial charge in [0.05, 0.1) is 19.8 Å². The van der Waals surface area contributed by atoms with Gasteiger partial charge in [-0.3, -0.25) is 19.4 Å². The van der Waals surface area contributed by atoms with Gasteiger partial charge < -0.3 is 146 Å². The fraction of sp³-hybridized carbons (Fsp3) is 0.890. The highest BCUT2D eigenvalue weighted by atomic mass is 16.5. The summed E-state index contributed by atoms with van der Waals surface area (Å²) in [4.78, 5) is 134. The minimum absolute atomic E-state index is 0. The number of morpholine rings is 1. The van der Waals surface area contributed by atoms with E-state index < -0.39 is 0 Å². The number of hydrogen-bond donors (Lipinski definition) is 22. The fourth-order valence-corrected chi connectivity index (χ4v) is 10.5. The predicted molar refractivity (Wildman–Crippen MR) is 590 cm³/mol. The number of rotatable bonds is 42. The van der Waals surface area contributed by atoms with Crippen molar-refractivity contribution in [2.45, 2.75) is 366 Å². The summed E-state index contributed by atoms with van der Waals surface area (Å²) in [6, 6.07) is 2.90. The summed E-state index contributed by atoms with van der Waals surface area (Å²) in [7, 11) is 11.9. The third-order valence-corrected chi connectivity index (χ3v) is 17.5. The number of ether oxygens (including phenoxy) is 2. The van der Waals surface area contributed by atoms with Gasteiger partial charge in [0, 0.05) is 257 Å². The van der Waals surface area contributed by atoms with Crippen LogP contribution >= 0.6 is 0 Å². The molecular weight excluding hydrogens is 1800 g/mol. The van der Waals surface area contributed by atoms with E-state index in [-0.39, 0.29) is 139 Å². The van der Waals surface area contributed by atoms with Crippen LogP contribution < -0.4 is 117 Å². The summed E-state index contributed by atoms with van der Waals surface area (Å²) in [5, 5.41) is 62.2. The number of piperidine rings is 1. The van der Waals surface area contributed by atoms with Gasteiger partial charge in [-0.05, 0) is 210 Å². The molecule has 20 amide bonds. The molecule has 0 aromatic carbocycles. The van der Waals surface area contributed by atoms with E-state index in [0.29, 0.717) is 57.5 Å². The molecular formula is C100H226N28O13. The first-order valence-corrected chi connectivity index (χ1v) is 51.9. The lowest BCUT2D eigenvalue weighted by molar-refractivity contribution is -0.129. The Balaban J connectivity index is -0.000000166. The zero-order valence-electron chi connectivity index (χ0n) is 96.2. The molecule has 3 aliphatic heterocycles. The lowest BCUT2D eigenvalue weighted by atomic mass is 9.97. The van der Waals surface area contributed by atoms with Crippen molar-refractivity contribution in [1.29, 1.82) is 0 Å². The van der Waals surface area contributed by atoms with Gasteiger partial charge in [0.2, 0.25) is 11.8 Å². The van der Waals surface area contributed by atoms with Gasteiger partial charge in [0.15, 0.2) is 0 Å². The second kappa shape index (κ2) is 105. The standard InChI is InChI=1S/C11H21N3O2.C10H23N3.C9H19N3O2.2C9H20N2O.C8H19N3O.C8H18N2O.C7H16N2O2.3C7H16N2O.C7H18N2.CH4/c1-8(2)12-11(16)13-10-4-6-14(7-5-10)9(3)15;1-10(2)11-4-5-13-8-6-12(3)7-9-13;1-7(2)12-9(14)11-6-4-5-10-8(3)13;1-9(2)10-3-4-11-5-7-12-8-6-11;1-7(2)11-8(12)10-6-9(3,4)5;1-7(2)10-8(12)9-5-6-11(3)4;1-4-5-6-9-8(11)10-7(2)3;1-6(2)9-7(10)8-4-5-11-3;3*1-4-5-8-7(10)9-6(2)3;1-7(2)8-5-6-9(3)4;/h8,10H,4-7H2,1-3H3,(H2,12,13,16);10-11H,4-9H2,1-3H3;7H,4-6H2,1-3H3,(H,10,13)(H2,11,12,14);9-10H,3-8H2,1-2H3;7H,6H2,1-5H3,(H2,10,11,12);7H,5-6H2,1-4H3,(H2,9,10,12);7H,4-6H2,1-3H3,(H2,9,10,11);6H,4-5H2,1-3H3,(H2,8,9,10);3*6H,4-5H2,1-3H3,(H2,8,9,10);7-8H,5-6H2,1-4H3;1H4. The predicted octanol–water partition coefficient (Wildman–Crippen LogP) is 9.80. The van der Waals surface area contributed by atoms with E-state index in [2.05, 4.69) is 227 Å². The molecule has 141 heavy (non-hydrogen) atoms. The maximum absolute atomic E-state index is 11.4. The van der Waals surface area contributed by atoms with E-state index in [1.807, 2.05) is 169 Å². The van der Waals surface area contributed by atoms with Crippen LogP contribution in [0, 0.1) is 5.41 Å². The minimum Gasteiger partial charge on any atom is -0.383 e. The van der Waals surface area contributed by atoms with Crippen molar-refractivity contribution in [3.63, 3.8) is 0 Å². The van der Waals surface area contributed by atoms with Crippen LogP contribution in [-0.2, 0) is 19.1 Å². The van der Waals surface area contributed by atoms with Crippen molar-refractivity contribution < 1.29 is 62.2 Å². The molecule has 3 rings (SSSR count). The van der Waals surface area contributed by atoms with Crippen molar-refractivity contribution in [1.82, 2.24) is 146 Å². The minimum atomic E-state index is -0.164. The summed E-state index contributed by atoms with van der Waals surface area (Å²) >= 11 is 0. The number of amides is 20. The summed E-state index contributed by atoms with van der Waals surface area (Å²) < 4.78 is 10.0. The number of likely N-dealkylation sites (tertiary alicyclic amines) is 1. The van der Waals surface area contributed by atoms with Crippen LogP contribution in [0.15, 0.2) is 0 Å². The number of methoxy groups -OCH3 is 1. The molecule has 0 bridgehead atoms. The Hall–Kier alpha value is -8.03. The number of likely N-dealkylation sites (N-methyl/N-ethyl adjacent to an activating group) is 3. The van der Waals surface area contributed by atoms with Crippen LogP contribution in [0.1, 0.15) is 287 Å². The zero-order valence-corrected chi connectivity index (χ0v) is 96.2. The number of nitrogens with zero attached hydrogens (tertiary/aromatic N) is 6. The van der Waals surface area contributed by atoms with E-state index in [4.69, 9.17) is 9.47 Å². The summed E-state index contributed by atoms with van der Waals surface area (Å²) in [6.45, 7) is 90.0. The molecule has 0 aromatic heterocycles. The number of urea groups is 9. The van der Waals surface area contributed by atoms with Crippen molar-refractivity contribution in [2.75, 3.05) is 219 Å². The van der Waals surface area contributed by atoms with Crippen molar-refractivity contribution >= 4 is 66.1 Å². The average molecular weight is 2030 g/mol. The average Bonchev–Trinajstić information content (AvgIpc) is 0.898. The summed E-state index contributed by atoms with van der Waals surface area (Å²) in [6.07, 6.45) is 7.51. The monoisotopic (exact) mass is 2030 g/mol. The zero-order chi connectivity index (χ0) is 110. The van der Waals surface area contributed by atoms with Crippen molar-refractivity contribution in [2.24, 2.45) is 5.41 Å². The Labute approximate surface area is 861 Å². The molecule has 0 radical (unpaired) electrons. The molecule has 22 N–H and O–H groups in total. The number of unbranched alkanes of at least 4 members (excludes halogenated alkanes) is 1. The van der Waals surface area contributed by atoms with Gasteiger partial charge in [-0.1, -0.05) is 104 Å². The normalized spacial score (nSPS) is 12.8. The molecule has 0 spiro atoms. The van der Waals surface area contributed by atoms with E-state index in [1.54, 1.807) is 14.0 Å². The maximum atomic E-state index is 11.4. The van der Waals surface area contributed by atoms with Crippen molar-refractivity contribution in [3.05, 3.63) is 0 Å². The van der Waals surface area contributed by atoms with Crippen molar-refractivity contribution in [3.8, 4) is 0 Å². The fourth-order valence-electron chi connectivity index (χ4n) is 10.5. The molecule has 41 nitrogen and oxygen atoms in total. The molecule has 3 saturated heterocycles. The largest absolute Gasteiger partial charge is 0.383 e. The molecule has 0 aliphatic carbocycles. The van der Waals surface area contributed by atoms with Gasteiger partial charge in [-0.2, -0.15) is 0 Å². The van der Waals surface area contributed by atoms with Crippen LogP contribution in [0.4, 0.5) is 43.2 Å². The highest BCUT2D eigenvalue weighted by molar-refractivity contribution is 5.78. The molecule has 0 atom stereocenters. The summed E-state index contributed by atoms with van der Waals surface area (Å²) in [5.74, 6) is 0.0710. The Morgan fingerprint density at radius 3 is 0.915 bits per heavy atom. The molecule has 3 fully saturated rings. The van der Waals surface area contributed by atoms with E-state index in [9.17, 15) is 52.7 Å². The molecule has 0 aromatic rings. The number of hydrogen-bond acceptors (Lipinski definition) is 21. The lowest BCUT2D eigenvalue weighted by Crippen LogP contribution is -2.49. The van der Waals surface area contributed by atoms with Gasteiger partial charge >= 0.3 is 54.3 Å². The molecule has 844 valence electrons. The smallest absolute Gasteiger partial charge is 0.315 e. The SMILES string of the molecule is C.CC(=O)N1CCC(NC(=O)NC(C)C)CC1.CC(=O)NCCCNC(=O)NC(C)C.CC(C)NC(=O)NCC(C)(C)C.CC(C)NC(=O)NCCN(C)C.CC(C)NCCN(C)C.CC(C)NCCN1CCN(C)CC1.CC(C)NCCN1CCOCC1.CCCCNC(=O)NC(C)C.CCCNC(=O)NC(C)C.CCCNC(=O)NC(C)C.CCCNC(=O)NC(C)C.COCCNC(=O)NC(C)C. The van der Waals surface area contributed by atoms with Gasteiger partial charge in [0.25, 0.3) is 0 Å². The first kappa shape index (κ1) is 153. The third kappa shape index (κ3) is 145. The van der Waals surface area contributed by atoms with Crippen LogP contribution in [0.3, 0.4) is 0 Å². The second-order valence-electron chi connectivity index (χ2n) is 39.7. The number of carbonyl (C=O) groups excluding carboxylic acids is 11. The molecule has 3 heterocycles. The van der Waals surface area contributed by atoms with E-state index in [0.717, 1.165) is 156 Å². The molecule has 3 aliphatic rings. The van der Waals surface area contributed by atoms with Crippen LogP contribution in [0.5, 0.6) is 0 Å². The first-order valence-electron chi connectivity index (χ1n) is 51.9. The van der Waals surface area contributed by atoms with Gasteiger partial charge in [-0.15, -0.1) is 0 Å². The topological polar surface area (TPSA) is 490 Å².